The Morgan fingerprint density at radius 1 is 1.20 bits per heavy atom. The summed E-state index contributed by atoms with van der Waals surface area (Å²) in [5, 5.41) is 3.43. The number of carbonyl (C=O) groups excluding carboxylic acids is 1. The van der Waals surface area contributed by atoms with Crippen LogP contribution in [-0.4, -0.2) is 25.2 Å². The molecule has 0 spiro atoms. The zero-order valence-electron chi connectivity index (χ0n) is 14.8. The van der Waals surface area contributed by atoms with Crippen molar-refractivity contribution in [2.24, 2.45) is 0 Å². The first-order valence-electron chi connectivity index (χ1n) is 8.40. The lowest BCUT2D eigenvalue weighted by Gasteiger charge is -2.18. The van der Waals surface area contributed by atoms with E-state index in [1.54, 1.807) is 24.3 Å². The lowest BCUT2D eigenvalue weighted by molar-refractivity contribution is -0.128. The molecule has 0 aliphatic carbocycles. The molecule has 1 N–H and O–H groups in total. The van der Waals surface area contributed by atoms with Crippen LogP contribution in [0.3, 0.4) is 0 Å². The first kappa shape index (κ1) is 19.1. The third-order valence-corrected chi connectivity index (χ3v) is 4.19. The summed E-state index contributed by atoms with van der Waals surface area (Å²) in [7, 11) is 0. The molecule has 134 valence electrons. The Bertz CT molecular complexity index is 718. The van der Waals surface area contributed by atoms with Crippen molar-refractivity contribution in [2.75, 3.05) is 13.2 Å². The van der Waals surface area contributed by atoms with Gasteiger partial charge in [-0.3, -0.25) is 4.79 Å². The van der Waals surface area contributed by atoms with Crippen molar-refractivity contribution >= 4 is 17.5 Å². The average molecular weight is 362 g/mol. The molecule has 0 aliphatic rings. The van der Waals surface area contributed by atoms with E-state index in [1.807, 2.05) is 39.0 Å². The fraction of sp³-hybridized carbons (Fsp3) is 0.350. The standard InChI is InChI=1S/C20H24ClNO3/c1-4-18(25-17-9-6-8-16(21)13-17)20(23)22-11-12-24-19-10-5-7-14(2)15(19)3/h5-10,13,18H,4,11-12H2,1-3H3,(H,22,23)/t18-/m0/s1. The minimum absolute atomic E-state index is 0.160. The Labute approximate surface area is 154 Å². The van der Waals surface area contributed by atoms with Crippen molar-refractivity contribution in [3.63, 3.8) is 0 Å². The van der Waals surface area contributed by atoms with Gasteiger partial charge in [-0.05, 0) is 55.7 Å². The summed E-state index contributed by atoms with van der Waals surface area (Å²) < 4.78 is 11.5. The molecule has 25 heavy (non-hydrogen) atoms. The summed E-state index contributed by atoms with van der Waals surface area (Å²) >= 11 is 5.94. The predicted octanol–water partition coefficient (Wildman–Crippen LogP) is 4.31. The summed E-state index contributed by atoms with van der Waals surface area (Å²) in [6.07, 6.45) is 0.00934. The van der Waals surface area contributed by atoms with Crippen LogP contribution in [0.25, 0.3) is 0 Å². The van der Waals surface area contributed by atoms with Gasteiger partial charge in [-0.1, -0.05) is 36.7 Å². The summed E-state index contributed by atoms with van der Waals surface area (Å²) in [5.74, 6) is 1.27. The van der Waals surface area contributed by atoms with Crippen molar-refractivity contribution in [3.05, 3.63) is 58.6 Å². The molecule has 0 radical (unpaired) electrons. The molecule has 0 heterocycles. The molecular formula is C20H24ClNO3. The van der Waals surface area contributed by atoms with Gasteiger partial charge < -0.3 is 14.8 Å². The lowest BCUT2D eigenvalue weighted by atomic mass is 10.1. The second-order valence-electron chi connectivity index (χ2n) is 5.81. The van der Waals surface area contributed by atoms with E-state index in [9.17, 15) is 4.79 Å². The highest BCUT2D eigenvalue weighted by Gasteiger charge is 2.18. The number of aryl methyl sites for hydroxylation is 1. The first-order valence-corrected chi connectivity index (χ1v) is 8.78. The number of hydrogen-bond acceptors (Lipinski definition) is 3. The second-order valence-corrected chi connectivity index (χ2v) is 6.25. The third kappa shape index (κ3) is 5.68. The number of ether oxygens (including phenoxy) is 2. The predicted molar refractivity (Wildman–Crippen MR) is 101 cm³/mol. The molecule has 2 rings (SSSR count). The molecule has 1 atom stereocenters. The summed E-state index contributed by atoms with van der Waals surface area (Å²) in [4.78, 5) is 12.3. The Morgan fingerprint density at radius 2 is 1.96 bits per heavy atom. The van der Waals surface area contributed by atoms with Gasteiger partial charge in [-0.25, -0.2) is 0 Å². The van der Waals surface area contributed by atoms with E-state index in [1.165, 1.54) is 5.56 Å². The van der Waals surface area contributed by atoms with E-state index >= 15 is 0 Å². The Balaban J connectivity index is 1.81. The van der Waals surface area contributed by atoms with Crippen molar-refractivity contribution in [1.29, 1.82) is 0 Å². The van der Waals surface area contributed by atoms with Crippen molar-refractivity contribution < 1.29 is 14.3 Å². The SMILES string of the molecule is CC[C@H](Oc1cccc(Cl)c1)C(=O)NCCOc1cccc(C)c1C. The topological polar surface area (TPSA) is 47.6 Å². The van der Waals surface area contributed by atoms with Crippen LogP contribution in [0.4, 0.5) is 0 Å². The fourth-order valence-electron chi connectivity index (χ4n) is 2.36. The molecule has 0 aromatic heterocycles. The number of amides is 1. The fourth-order valence-corrected chi connectivity index (χ4v) is 2.54. The molecule has 0 unspecified atom stereocenters. The quantitative estimate of drug-likeness (QED) is 0.713. The number of nitrogens with one attached hydrogen (secondary N) is 1. The zero-order valence-corrected chi connectivity index (χ0v) is 15.6. The minimum atomic E-state index is -0.556. The minimum Gasteiger partial charge on any atom is -0.491 e. The maximum Gasteiger partial charge on any atom is 0.261 e. The molecule has 4 nitrogen and oxygen atoms in total. The highest BCUT2D eigenvalue weighted by molar-refractivity contribution is 6.30. The van der Waals surface area contributed by atoms with Gasteiger partial charge in [-0.15, -0.1) is 0 Å². The summed E-state index contributed by atoms with van der Waals surface area (Å²) in [6, 6.07) is 13.0. The molecule has 0 saturated heterocycles. The van der Waals surface area contributed by atoms with Gasteiger partial charge in [0.1, 0.15) is 18.1 Å². The smallest absolute Gasteiger partial charge is 0.261 e. The lowest BCUT2D eigenvalue weighted by Crippen LogP contribution is -2.39. The molecule has 2 aromatic carbocycles. The van der Waals surface area contributed by atoms with E-state index in [0.29, 0.717) is 30.3 Å². The molecule has 5 heteroatoms. The maximum absolute atomic E-state index is 12.3. The van der Waals surface area contributed by atoms with Crippen LogP contribution < -0.4 is 14.8 Å². The van der Waals surface area contributed by atoms with Crippen LogP contribution in [0.5, 0.6) is 11.5 Å². The largest absolute Gasteiger partial charge is 0.491 e. The monoisotopic (exact) mass is 361 g/mol. The Hall–Kier alpha value is -2.20. The number of rotatable bonds is 8. The number of halogens is 1. The van der Waals surface area contributed by atoms with Gasteiger partial charge in [0.15, 0.2) is 6.10 Å². The van der Waals surface area contributed by atoms with E-state index in [4.69, 9.17) is 21.1 Å². The molecule has 0 bridgehead atoms. The van der Waals surface area contributed by atoms with Gasteiger partial charge in [0.25, 0.3) is 5.91 Å². The van der Waals surface area contributed by atoms with E-state index in [2.05, 4.69) is 5.32 Å². The number of carbonyl (C=O) groups is 1. The van der Waals surface area contributed by atoms with E-state index in [0.717, 1.165) is 11.3 Å². The van der Waals surface area contributed by atoms with Gasteiger partial charge in [0, 0.05) is 5.02 Å². The van der Waals surface area contributed by atoms with Crippen molar-refractivity contribution in [2.45, 2.75) is 33.3 Å². The van der Waals surface area contributed by atoms with Crippen LogP contribution in [0.2, 0.25) is 5.02 Å². The molecular weight excluding hydrogens is 338 g/mol. The first-order chi connectivity index (χ1) is 12.0. The number of benzene rings is 2. The van der Waals surface area contributed by atoms with Crippen LogP contribution in [0, 0.1) is 13.8 Å². The highest BCUT2D eigenvalue weighted by atomic mass is 35.5. The van der Waals surface area contributed by atoms with Crippen LogP contribution in [0.1, 0.15) is 24.5 Å². The van der Waals surface area contributed by atoms with Crippen molar-refractivity contribution in [1.82, 2.24) is 5.32 Å². The average Bonchev–Trinajstić information content (AvgIpc) is 2.60. The molecule has 1 amide bonds. The Morgan fingerprint density at radius 3 is 2.68 bits per heavy atom. The third-order valence-electron chi connectivity index (χ3n) is 3.95. The number of hydrogen-bond donors (Lipinski definition) is 1. The van der Waals surface area contributed by atoms with Crippen LogP contribution in [-0.2, 0) is 4.79 Å². The normalized spacial score (nSPS) is 11.7. The maximum atomic E-state index is 12.3. The summed E-state index contributed by atoms with van der Waals surface area (Å²) in [5.41, 5.74) is 2.30. The van der Waals surface area contributed by atoms with Crippen molar-refractivity contribution in [3.8, 4) is 11.5 Å². The molecule has 2 aromatic rings. The van der Waals surface area contributed by atoms with Gasteiger partial charge in [-0.2, -0.15) is 0 Å². The summed E-state index contributed by atoms with van der Waals surface area (Å²) in [6.45, 7) is 6.80. The highest BCUT2D eigenvalue weighted by Crippen LogP contribution is 2.20. The second kappa shape index (κ2) is 9.33. The van der Waals surface area contributed by atoms with Gasteiger partial charge >= 0.3 is 0 Å². The van der Waals surface area contributed by atoms with E-state index in [-0.39, 0.29) is 5.91 Å². The zero-order chi connectivity index (χ0) is 18.2. The van der Waals surface area contributed by atoms with Gasteiger partial charge in [0.05, 0.1) is 6.54 Å². The molecule has 0 aliphatic heterocycles. The van der Waals surface area contributed by atoms with E-state index < -0.39 is 6.10 Å². The molecule has 0 saturated carbocycles. The van der Waals surface area contributed by atoms with Crippen LogP contribution >= 0.6 is 11.6 Å². The Kier molecular flexibility index (Phi) is 7.14. The molecule has 0 fully saturated rings. The van der Waals surface area contributed by atoms with Gasteiger partial charge in [0.2, 0.25) is 0 Å². The van der Waals surface area contributed by atoms with Crippen LogP contribution in [0.15, 0.2) is 42.5 Å².